The Labute approximate surface area is 122 Å². The molecule has 20 heavy (non-hydrogen) atoms. The second-order valence-corrected chi connectivity index (χ2v) is 4.63. The van der Waals surface area contributed by atoms with Gasteiger partial charge < -0.3 is 20.5 Å². The average Bonchev–Trinajstić information content (AvgIpc) is 2.44. The molecule has 2 aromatic rings. The lowest BCUT2D eigenvalue weighted by Crippen LogP contribution is -2.02. The number of benzene rings is 1. The molecule has 106 valence electrons. The van der Waals surface area contributed by atoms with E-state index in [1.165, 1.54) is 0 Å². The van der Waals surface area contributed by atoms with Gasteiger partial charge in [-0.15, -0.1) is 0 Å². The summed E-state index contributed by atoms with van der Waals surface area (Å²) in [7, 11) is 3.13. The largest absolute Gasteiger partial charge is 0.495 e. The third-order valence-electron chi connectivity index (χ3n) is 2.84. The average molecular weight is 294 g/mol. The van der Waals surface area contributed by atoms with Gasteiger partial charge in [-0.1, -0.05) is 11.6 Å². The minimum absolute atomic E-state index is 0.478. The monoisotopic (exact) mass is 293 g/mol. The highest BCUT2D eigenvalue weighted by atomic mass is 35.5. The molecule has 0 aliphatic rings. The van der Waals surface area contributed by atoms with Gasteiger partial charge in [0.05, 0.1) is 25.6 Å². The van der Waals surface area contributed by atoms with Gasteiger partial charge in [0.1, 0.15) is 5.75 Å². The Morgan fingerprint density at radius 1 is 1.20 bits per heavy atom. The van der Waals surface area contributed by atoms with Crippen LogP contribution in [0.5, 0.6) is 11.6 Å². The zero-order valence-corrected chi connectivity index (χ0v) is 12.3. The van der Waals surface area contributed by atoms with Crippen molar-refractivity contribution in [2.24, 2.45) is 0 Å². The molecule has 0 aliphatic heterocycles. The van der Waals surface area contributed by atoms with E-state index in [1.54, 1.807) is 32.4 Å². The number of anilines is 3. The number of hydrogen-bond donors (Lipinski definition) is 2. The van der Waals surface area contributed by atoms with Crippen LogP contribution < -0.4 is 20.5 Å². The van der Waals surface area contributed by atoms with Crippen LogP contribution in [0.1, 0.15) is 5.56 Å². The fourth-order valence-corrected chi connectivity index (χ4v) is 1.88. The molecule has 3 N–H and O–H groups in total. The molecule has 0 saturated carbocycles. The minimum atomic E-state index is 0.478. The lowest BCUT2D eigenvalue weighted by Gasteiger charge is -2.14. The molecule has 0 saturated heterocycles. The summed E-state index contributed by atoms with van der Waals surface area (Å²) < 4.78 is 10.4. The van der Waals surface area contributed by atoms with Crippen molar-refractivity contribution < 1.29 is 9.47 Å². The van der Waals surface area contributed by atoms with E-state index in [4.69, 9.17) is 26.8 Å². The molecule has 0 spiro atoms. The van der Waals surface area contributed by atoms with E-state index >= 15 is 0 Å². The number of pyridine rings is 1. The van der Waals surface area contributed by atoms with Crippen LogP contribution in [-0.2, 0) is 0 Å². The van der Waals surface area contributed by atoms with E-state index in [1.807, 2.05) is 13.0 Å². The molecular weight excluding hydrogens is 278 g/mol. The van der Waals surface area contributed by atoms with Crippen LogP contribution in [-0.4, -0.2) is 19.2 Å². The van der Waals surface area contributed by atoms with Crippen LogP contribution in [0.2, 0.25) is 5.02 Å². The van der Waals surface area contributed by atoms with Gasteiger partial charge in [0.25, 0.3) is 0 Å². The van der Waals surface area contributed by atoms with Gasteiger partial charge in [-0.2, -0.15) is 4.98 Å². The standard InChI is InChI=1S/C14H16ClN3O2/c1-8-6-11(12(19-2)7-9(8)15)17-14-10(16)4-5-13(18-14)20-3/h4-7H,16H2,1-3H3,(H,17,18). The van der Waals surface area contributed by atoms with Crippen LogP contribution >= 0.6 is 11.6 Å². The molecule has 6 heteroatoms. The van der Waals surface area contributed by atoms with Crippen LogP contribution in [0.25, 0.3) is 0 Å². The smallest absolute Gasteiger partial charge is 0.215 e. The first-order valence-corrected chi connectivity index (χ1v) is 6.34. The number of halogens is 1. The van der Waals surface area contributed by atoms with Gasteiger partial charge in [-0.25, -0.2) is 0 Å². The molecule has 0 atom stereocenters. The third kappa shape index (κ3) is 2.88. The van der Waals surface area contributed by atoms with E-state index in [-0.39, 0.29) is 0 Å². The highest BCUT2D eigenvalue weighted by molar-refractivity contribution is 6.31. The topological polar surface area (TPSA) is 69.4 Å². The molecule has 0 bridgehead atoms. The second-order valence-electron chi connectivity index (χ2n) is 4.22. The van der Waals surface area contributed by atoms with E-state index in [0.29, 0.717) is 28.2 Å². The summed E-state index contributed by atoms with van der Waals surface area (Å²) >= 11 is 6.08. The Balaban J connectivity index is 2.41. The molecule has 0 fully saturated rings. The van der Waals surface area contributed by atoms with Gasteiger partial charge in [0.15, 0.2) is 5.82 Å². The third-order valence-corrected chi connectivity index (χ3v) is 3.25. The fraction of sp³-hybridized carbons (Fsp3) is 0.214. The van der Waals surface area contributed by atoms with Crippen molar-refractivity contribution in [3.8, 4) is 11.6 Å². The van der Waals surface area contributed by atoms with Crippen molar-refractivity contribution in [2.45, 2.75) is 6.92 Å². The maximum atomic E-state index is 6.08. The number of nitrogen functional groups attached to an aromatic ring is 1. The fourth-order valence-electron chi connectivity index (χ4n) is 1.72. The van der Waals surface area contributed by atoms with Crippen LogP contribution in [0.3, 0.4) is 0 Å². The lowest BCUT2D eigenvalue weighted by molar-refractivity contribution is 0.398. The van der Waals surface area contributed by atoms with Gasteiger partial charge >= 0.3 is 0 Å². The molecule has 0 amide bonds. The highest BCUT2D eigenvalue weighted by Gasteiger charge is 2.10. The van der Waals surface area contributed by atoms with Crippen molar-refractivity contribution >= 4 is 28.8 Å². The van der Waals surface area contributed by atoms with Crippen molar-refractivity contribution in [3.05, 3.63) is 34.9 Å². The first-order chi connectivity index (χ1) is 9.55. The molecule has 1 heterocycles. The summed E-state index contributed by atoms with van der Waals surface area (Å²) in [6, 6.07) is 7.05. The number of nitrogens with two attached hydrogens (primary N) is 1. The predicted molar refractivity (Wildman–Crippen MR) is 81.2 cm³/mol. The Morgan fingerprint density at radius 2 is 1.95 bits per heavy atom. The van der Waals surface area contributed by atoms with Gasteiger partial charge in [0.2, 0.25) is 5.88 Å². The Morgan fingerprint density at radius 3 is 2.60 bits per heavy atom. The second kappa shape index (κ2) is 5.88. The first-order valence-electron chi connectivity index (χ1n) is 5.96. The quantitative estimate of drug-likeness (QED) is 0.904. The number of nitrogens with one attached hydrogen (secondary N) is 1. The van der Waals surface area contributed by atoms with E-state index in [0.717, 1.165) is 11.3 Å². The molecule has 0 radical (unpaired) electrons. The van der Waals surface area contributed by atoms with Gasteiger partial charge in [-0.05, 0) is 24.6 Å². The summed E-state index contributed by atoms with van der Waals surface area (Å²) in [5, 5.41) is 3.77. The number of methoxy groups -OCH3 is 2. The zero-order valence-electron chi connectivity index (χ0n) is 11.5. The van der Waals surface area contributed by atoms with E-state index in [2.05, 4.69) is 10.3 Å². The highest BCUT2D eigenvalue weighted by Crippen LogP contribution is 2.34. The number of hydrogen-bond acceptors (Lipinski definition) is 5. The predicted octanol–water partition coefficient (Wildman–Crippen LogP) is 3.39. The summed E-state index contributed by atoms with van der Waals surface area (Å²) in [5.74, 6) is 1.60. The minimum Gasteiger partial charge on any atom is -0.495 e. The SMILES string of the molecule is COc1ccc(N)c(Nc2cc(C)c(Cl)cc2OC)n1. The van der Waals surface area contributed by atoms with Gasteiger partial charge in [0, 0.05) is 17.2 Å². The molecule has 2 rings (SSSR count). The number of aromatic nitrogens is 1. The van der Waals surface area contributed by atoms with Crippen molar-refractivity contribution in [1.82, 2.24) is 4.98 Å². The van der Waals surface area contributed by atoms with Crippen LogP contribution in [0, 0.1) is 6.92 Å². The normalized spacial score (nSPS) is 10.2. The Hall–Kier alpha value is -2.14. The number of ether oxygens (including phenoxy) is 2. The van der Waals surface area contributed by atoms with Gasteiger partial charge in [-0.3, -0.25) is 0 Å². The summed E-state index contributed by atoms with van der Waals surface area (Å²) in [5.41, 5.74) is 8.08. The first kappa shape index (κ1) is 14.3. The Bertz CT molecular complexity index is 632. The molecular formula is C14H16ClN3O2. The number of rotatable bonds is 4. The molecule has 0 unspecified atom stereocenters. The van der Waals surface area contributed by atoms with Crippen molar-refractivity contribution in [3.63, 3.8) is 0 Å². The van der Waals surface area contributed by atoms with Crippen molar-refractivity contribution in [1.29, 1.82) is 0 Å². The number of nitrogens with zero attached hydrogens (tertiary/aromatic N) is 1. The molecule has 0 aliphatic carbocycles. The maximum absolute atomic E-state index is 6.08. The molecule has 1 aromatic heterocycles. The summed E-state index contributed by atoms with van der Waals surface area (Å²) in [4.78, 5) is 4.27. The number of aryl methyl sites for hydroxylation is 1. The zero-order chi connectivity index (χ0) is 14.7. The van der Waals surface area contributed by atoms with E-state index in [9.17, 15) is 0 Å². The summed E-state index contributed by atoms with van der Waals surface area (Å²) in [6.07, 6.45) is 0. The van der Waals surface area contributed by atoms with E-state index < -0.39 is 0 Å². The maximum Gasteiger partial charge on any atom is 0.215 e. The van der Waals surface area contributed by atoms with Crippen molar-refractivity contribution in [2.75, 3.05) is 25.3 Å². The summed E-state index contributed by atoms with van der Waals surface area (Å²) in [6.45, 7) is 1.91. The molecule has 1 aromatic carbocycles. The van der Waals surface area contributed by atoms with Crippen LogP contribution in [0.4, 0.5) is 17.2 Å². The Kier molecular flexibility index (Phi) is 4.20. The molecule has 5 nitrogen and oxygen atoms in total. The lowest BCUT2D eigenvalue weighted by atomic mass is 10.2. The van der Waals surface area contributed by atoms with Crippen LogP contribution in [0.15, 0.2) is 24.3 Å².